The van der Waals surface area contributed by atoms with Crippen molar-refractivity contribution >= 4 is 34.1 Å². The van der Waals surface area contributed by atoms with Gasteiger partial charge >= 0.3 is 0 Å². The molecule has 0 aliphatic carbocycles. The van der Waals surface area contributed by atoms with E-state index >= 15 is 0 Å². The molecule has 2 aromatic rings. The lowest BCUT2D eigenvalue weighted by molar-refractivity contribution is 0.394. The molecule has 1 heterocycles. The Morgan fingerprint density at radius 1 is 1.12 bits per heavy atom. The predicted octanol–water partition coefficient (Wildman–Crippen LogP) is 2.83. The van der Waals surface area contributed by atoms with Gasteiger partial charge < -0.3 is 9.47 Å². The molecule has 0 unspecified atom stereocenters. The van der Waals surface area contributed by atoms with Crippen LogP contribution < -0.4 is 9.47 Å². The number of halogens is 1. The highest BCUT2D eigenvalue weighted by Crippen LogP contribution is 2.28. The summed E-state index contributed by atoms with van der Waals surface area (Å²) in [5.74, 6) is 2.17. The van der Waals surface area contributed by atoms with E-state index in [-0.39, 0.29) is 0 Å². The zero-order valence-corrected chi connectivity index (χ0v) is 11.7. The monoisotopic (exact) mass is 348 g/mol. The average molecular weight is 348 g/mol. The second-order valence-corrected chi connectivity index (χ2v) is 5.48. The molecule has 2 rings (SSSR count). The molecule has 0 aliphatic heterocycles. The number of methoxy groups -OCH3 is 2. The number of hydrogen-bond acceptors (Lipinski definition) is 5. The van der Waals surface area contributed by atoms with E-state index in [4.69, 9.17) is 9.47 Å². The van der Waals surface area contributed by atoms with Crippen molar-refractivity contribution in [2.45, 2.75) is 0 Å². The van der Waals surface area contributed by atoms with Crippen LogP contribution in [-0.2, 0) is 0 Å². The van der Waals surface area contributed by atoms with E-state index in [1.807, 2.05) is 18.2 Å². The number of rotatable bonds is 3. The topological polar surface area (TPSA) is 44.2 Å². The molecule has 0 amide bonds. The van der Waals surface area contributed by atoms with Crippen LogP contribution in [0.5, 0.6) is 11.5 Å². The maximum Gasteiger partial charge on any atom is 0.174 e. The first-order valence-electron chi connectivity index (χ1n) is 4.45. The summed E-state index contributed by atoms with van der Waals surface area (Å²) in [5, 5.41) is 0. The highest BCUT2D eigenvalue weighted by molar-refractivity contribution is 14.1. The van der Waals surface area contributed by atoms with Crippen LogP contribution in [0.2, 0.25) is 0 Å². The Hall–Kier alpha value is -0.890. The lowest BCUT2D eigenvalue weighted by Gasteiger charge is -2.05. The summed E-state index contributed by atoms with van der Waals surface area (Å²) in [6, 6.07) is 5.60. The van der Waals surface area contributed by atoms with Gasteiger partial charge in [0, 0.05) is 11.6 Å². The fourth-order valence-electron chi connectivity index (χ4n) is 1.26. The average Bonchev–Trinajstić information content (AvgIpc) is 2.75. The molecule has 0 fully saturated rings. The first-order chi connectivity index (χ1) is 7.72. The molecule has 16 heavy (non-hydrogen) atoms. The Bertz CT molecular complexity index is 479. The van der Waals surface area contributed by atoms with Gasteiger partial charge in [-0.3, -0.25) is 0 Å². The van der Waals surface area contributed by atoms with Crippen LogP contribution in [0.25, 0.3) is 11.4 Å². The number of ether oxygens (including phenoxy) is 2. The molecule has 84 valence electrons. The van der Waals surface area contributed by atoms with Gasteiger partial charge in [0.15, 0.2) is 8.84 Å². The number of aromatic nitrogens is 2. The van der Waals surface area contributed by atoms with Crippen molar-refractivity contribution in [1.82, 2.24) is 9.36 Å². The van der Waals surface area contributed by atoms with Crippen molar-refractivity contribution in [3.05, 3.63) is 21.2 Å². The SMILES string of the molecule is COc1cc(OC)cc(-c2nsc(I)n2)c1. The van der Waals surface area contributed by atoms with Crippen LogP contribution in [0, 0.1) is 3.01 Å². The summed E-state index contributed by atoms with van der Waals surface area (Å²) in [7, 11) is 3.24. The van der Waals surface area contributed by atoms with E-state index in [2.05, 4.69) is 31.9 Å². The fourth-order valence-corrected chi connectivity index (χ4v) is 2.22. The van der Waals surface area contributed by atoms with Gasteiger partial charge in [-0.15, -0.1) is 0 Å². The van der Waals surface area contributed by atoms with Gasteiger partial charge in [-0.05, 0) is 46.3 Å². The van der Waals surface area contributed by atoms with Crippen molar-refractivity contribution in [2.24, 2.45) is 0 Å². The zero-order valence-electron chi connectivity index (χ0n) is 8.73. The molecule has 1 aromatic carbocycles. The van der Waals surface area contributed by atoms with Crippen LogP contribution in [0.15, 0.2) is 18.2 Å². The third-order valence-corrected chi connectivity index (χ3v) is 3.35. The summed E-state index contributed by atoms with van der Waals surface area (Å²) in [6.45, 7) is 0. The third-order valence-electron chi connectivity index (χ3n) is 2.01. The lowest BCUT2D eigenvalue weighted by atomic mass is 10.2. The van der Waals surface area contributed by atoms with Crippen molar-refractivity contribution in [3.63, 3.8) is 0 Å². The van der Waals surface area contributed by atoms with Crippen molar-refractivity contribution in [2.75, 3.05) is 14.2 Å². The van der Waals surface area contributed by atoms with Crippen LogP contribution in [0.1, 0.15) is 0 Å². The molecular weight excluding hydrogens is 339 g/mol. The Morgan fingerprint density at radius 3 is 2.19 bits per heavy atom. The van der Waals surface area contributed by atoms with Crippen LogP contribution in [0.4, 0.5) is 0 Å². The van der Waals surface area contributed by atoms with Gasteiger partial charge in [-0.1, -0.05) is 0 Å². The van der Waals surface area contributed by atoms with Gasteiger partial charge in [0.1, 0.15) is 11.5 Å². The quantitative estimate of drug-likeness (QED) is 0.801. The molecule has 0 spiro atoms. The first kappa shape index (κ1) is 11.6. The zero-order chi connectivity index (χ0) is 11.5. The van der Waals surface area contributed by atoms with E-state index < -0.39 is 0 Å². The lowest BCUT2D eigenvalue weighted by Crippen LogP contribution is -1.89. The normalized spacial score (nSPS) is 10.2. The minimum absolute atomic E-state index is 0.701. The smallest absolute Gasteiger partial charge is 0.174 e. The molecule has 0 saturated heterocycles. The van der Waals surface area contributed by atoms with Crippen LogP contribution in [-0.4, -0.2) is 23.6 Å². The highest BCUT2D eigenvalue weighted by atomic mass is 127. The summed E-state index contributed by atoms with van der Waals surface area (Å²) in [5.41, 5.74) is 0.898. The van der Waals surface area contributed by atoms with E-state index in [9.17, 15) is 0 Å². The Kier molecular flexibility index (Phi) is 3.59. The minimum atomic E-state index is 0.701. The summed E-state index contributed by atoms with van der Waals surface area (Å²) >= 11 is 3.52. The predicted molar refractivity (Wildman–Crippen MR) is 71.2 cm³/mol. The summed E-state index contributed by atoms with van der Waals surface area (Å²) in [4.78, 5) is 4.31. The molecule has 1 aromatic heterocycles. The van der Waals surface area contributed by atoms with E-state index in [0.717, 1.165) is 20.1 Å². The van der Waals surface area contributed by atoms with Gasteiger partial charge in [0.2, 0.25) is 0 Å². The fraction of sp³-hybridized carbons (Fsp3) is 0.200. The second kappa shape index (κ2) is 4.96. The number of hydrogen-bond donors (Lipinski definition) is 0. The van der Waals surface area contributed by atoms with Crippen molar-refractivity contribution in [1.29, 1.82) is 0 Å². The van der Waals surface area contributed by atoms with E-state index in [1.165, 1.54) is 11.5 Å². The molecular formula is C10H9IN2O2S. The summed E-state index contributed by atoms with van der Waals surface area (Å²) < 4.78 is 15.5. The van der Waals surface area contributed by atoms with E-state index in [1.54, 1.807) is 14.2 Å². The molecule has 0 bridgehead atoms. The molecule has 4 nitrogen and oxygen atoms in total. The highest BCUT2D eigenvalue weighted by Gasteiger charge is 2.08. The molecule has 6 heteroatoms. The van der Waals surface area contributed by atoms with Gasteiger partial charge in [0.05, 0.1) is 14.2 Å². The van der Waals surface area contributed by atoms with Gasteiger partial charge in [0.25, 0.3) is 0 Å². The largest absolute Gasteiger partial charge is 0.497 e. The Balaban J connectivity index is 2.47. The van der Waals surface area contributed by atoms with Gasteiger partial charge in [-0.25, -0.2) is 4.98 Å². The third kappa shape index (κ3) is 2.43. The Morgan fingerprint density at radius 2 is 1.75 bits per heavy atom. The van der Waals surface area contributed by atoms with Crippen LogP contribution in [0.3, 0.4) is 0 Å². The van der Waals surface area contributed by atoms with Crippen molar-refractivity contribution in [3.8, 4) is 22.9 Å². The first-order valence-corrected chi connectivity index (χ1v) is 6.31. The maximum absolute atomic E-state index is 5.19. The van der Waals surface area contributed by atoms with Crippen LogP contribution >= 0.6 is 34.1 Å². The number of benzene rings is 1. The summed E-state index contributed by atoms with van der Waals surface area (Å²) in [6.07, 6.45) is 0. The standard InChI is InChI=1S/C10H9IN2O2S/c1-14-7-3-6(4-8(5-7)15-2)9-12-10(11)16-13-9/h3-5H,1-2H3. The van der Waals surface area contributed by atoms with Crippen molar-refractivity contribution < 1.29 is 9.47 Å². The molecule has 0 radical (unpaired) electrons. The van der Waals surface area contributed by atoms with E-state index in [0.29, 0.717) is 5.82 Å². The molecule has 0 N–H and O–H groups in total. The maximum atomic E-state index is 5.19. The minimum Gasteiger partial charge on any atom is -0.497 e. The molecule has 0 atom stereocenters. The number of nitrogens with zero attached hydrogens (tertiary/aromatic N) is 2. The molecule has 0 aliphatic rings. The molecule has 0 saturated carbocycles. The Labute approximate surface area is 111 Å². The van der Waals surface area contributed by atoms with Gasteiger partial charge in [-0.2, -0.15) is 4.37 Å². The second-order valence-electron chi connectivity index (χ2n) is 2.97.